The molecule has 0 atom stereocenters. The minimum Gasteiger partial charge on any atom is -0.497 e. The molecule has 0 spiro atoms. The lowest BCUT2D eigenvalue weighted by Gasteiger charge is -2.14. The first-order chi connectivity index (χ1) is 8.17. The predicted molar refractivity (Wildman–Crippen MR) is 70.7 cm³/mol. The normalized spacial score (nSPS) is 10.4. The Labute approximate surface area is 103 Å². The Morgan fingerprint density at radius 3 is 2.76 bits per heavy atom. The highest BCUT2D eigenvalue weighted by molar-refractivity contribution is 5.40. The van der Waals surface area contributed by atoms with Gasteiger partial charge in [0.1, 0.15) is 18.1 Å². The zero-order valence-electron chi connectivity index (χ0n) is 10.8. The maximum atomic E-state index is 5.60. The van der Waals surface area contributed by atoms with Gasteiger partial charge in [-0.05, 0) is 18.2 Å². The lowest BCUT2D eigenvalue weighted by molar-refractivity contribution is 0.354. The molecule has 0 aromatic heterocycles. The summed E-state index contributed by atoms with van der Waals surface area (Å²) in [5.41, 5.74) is 1.10. The van der Waals surface area contributed by atoms with Crippen LogP contribution in [0, 0.1) is 0 Å². The quantitative estimate of drug-likeness (QED) is 0.737. The standard InChI is InChI=1S/C14H21NO2/c1-5-8-17-14-7-6-13(16-4)9-12(14)10-15-11(2)3/h5-7,9,11,15H,1,8,10H2,2-4H3. The molecule has 1 N–H and O–H groups in total. The number of hydrogen-bond donors (Lipinski definition) is 1. The second kappa shape index (κ2) is 6.97. The molecule has 1 rings (SSSR count). The van der Waals surface area contributed by atoms with E-state index in [0.29, 0.717) is 12.6 Å². The van der Waals surface area contributed by atoms with Crippen molar-refractivity contribution in [2.75, 3.05) is 13.7 Å². The van der Waals surface area contributed by atoms with Crippen LogP contribution >= 0.6 is 0 Å². The van der Waals surface area contributed by atoms with Crippen LogP contribution in [0.1, 0.15) is 19.4 Å². The van der Waals surface area contributed by atoms with Crippen molar-refractivity contribution in [3.8, 4) is 11.5 Å². The van der Waals surface area contributed by atoms with Crippen LogP contribution < -0.4 is 14.8 Å². The highest BCUT2D eigenvalue weighted by Gasteiger charge is 2.06. The fourth-order valence-corrected chi connectivity index (χ4v) is 1.42. The molecule has 0 aliphatic carbocycles. The van der Waals surface area contributed by atoms with E-state index in [2.05, 4.69) is 25.7 Å². The Kier molecular flexibility index (Phi) is 5.57. The fraction of sp³-hybridized carbons (Fsp3) is 0.429. The Balaban J connectivity index is 2.82. The number of benzene rings is 1. The van der Waals surface area contributed by atoms with E-state index in [1.807, 2.05) is 18.2 Å². The molecule has 0 aliphatic heterocycles. The van der Waals surface area contributed by atoms with E-state index >= 15 is 0 Å². The minimum atomic E-state index is 0.438. The second-order valence-corrected chi connectivity index (χ2v) is 4.11. The van der Waals surface area contributed by atoms with E-state index < -0.39 is 0 Å². The van der Waals surface area contributed by atoms with Crippen LogP contribution in [0.15, 0.2) is 30.9 Å². The average Bonchev–Trinajstić information content (AvgIpc) is 2.34. The molecule has 0 saturated carbocycles. The predicted octanol–water partition coefficient (Wildman–Crippen LogP) is 2.76. The van der Waals surface area contributed by atoms with Crippen LogP contribution in [0.4, 0.5) is 0 Å². The zero-order valence-corrected chi connectivity index (χ0v) is 10.8. The summed E-state index contributed by atoms with van der Waals surface area (Å²) in [5.74, 6) is 1.72. The first-order valence-corrected chi connectivity index (χ1v) is 5.81. The number of ether oxygens (including phenoxy) is 2. The van der Waals surface area contributed by atoms with Crippen molar-refractivity contribution in [3.63, 3.8) is 0 Å². The number of nitrogens with one attached hydrogen (secondary N) is 1. The maximum Gasteiger partial charge on any atom is 0.124 e. The molecule has 0 amide bonds. The smallest absolute Gasteiger partial charge is 0.124 e. The Hall–Kier alpha value is -1.48. The summed E-state index contributed by atoms with van der Waals surface area (Å²) in [6.07, 6.45) is 1.74. The Morgan fingerprint density at radius 2 is 2.18 bits per heavy atom. The lowest BCUT2D eigenvalue weighted by atomic mass is 10.1. The van der Waals surface area contributed by atoms with Gasteiger partial charge in [-0.2, -0.15) is 0 Å². The van der Waals surface area contributed by atoms with E-state index in [4.69, 9.17) is 9.47 Å². The van der Waals surface area contributed by atoms with Crippen molar-refractivity contribution in [3.05, 3.63) is 36.4 Å². The third kappa shape index (κ3) is 4.49. The van der Waals surface area contributed by atoms with Gasteiger partial charge in [-0.15, -0.1) is 0 Å². The van der Waals surface area contributed by atoms with Gasteiger partial charge in [0.2, 0.25) is 0 Å². The van der Waals surface area contributed by atoms with Gasteiger partial charge in [0.05, 0.1) is 7.11 Å². The average molecular weight is 235 g/mol. The van der Waals surface area contributed by atoms with E-state index in [0.717, 1.165) is 23.6 Å². The fourth-order valence-electron chi connectivity index (χ4n) is 1.42. The monoisotopic (exact) mass is 235 g/mol. The van der Waals surface area contributed by atoms with Crippen LogP contribution in [0.25, 0.3) is 0 Å². The Morgan fingerprint density at radius 1 is 1.41 bits per heavy atom. The molecule has 0 aliphatic rings. The molecular weight excluding hydrogens is 214 g/mol. The van der Waals surface area contributed by atoms with Gasteiger partial charge < -0.3 is 14.8 Å². The largest absolute Gasteiger partial charge is 0.497 e. The maximum absolute atomic E-state index is 5.60. The molecule has 0 heterocycles. The summed E-state index contributed by atoms with van der Waals surface area (Å²) >= 11 is 0. The molecule has 94 valence electrons. The van der Waals surface area contributed by atoms with Crippen molar-refractivity contribution in [1.29, 1.82) is 0 Å². The van der Waals surface area contributed by atoms with Gasteiger partial charge in [-0.1, -0.05) is 26.5 Å². The summed E-state index contributed by atoms with van der Waals surface area (Å²) in [5, 5.41) is 3.37. The van der Waals surface area contributed by atoms with Crippen LogP contribution in [-0.4, -0.2) is 19.8 Å². The molecule has 0 bridgehead atoms. The van der Waals surface area contributed by atoms with Crippen LogP contribution in [-0.2, 0) is 6.54 Å². The topological polar surface area (TPSA) is 30.5 Å². The first-order valence-electron chi connectivity index (χ1n) is 5.81. The third-order valence-electron chi connectivity index (χ3n) is 2.33. The van der Waals surface area contributed by atoms with E-state index in [1.165, 1.54) is 0 Å². The Bertz CT molecular complexity index is 361. The summed E-state index contributed by atoms with van der Waals surface area (Å²) in [7, 11) is 1.67. The molecule has 3 heteroatoms. The van der Waals surface area contributed by atoms with Gasteiger partial charge in [0.25, 0.3) is 0 Å². The highest BCUT2D eigenvalue weighted by Crippen LogP contribution is 2.24. The van der Waals surface area contributed by atoms with Gasteiger partial charge in [0.15, 0.2) is 0 Å². The van der Waals surface area contributed by atoms with E-state index in [1.54, 1.807) is 13.2 Å². The van der Waals surface area contributed by atoms with Crippen LogP contribution in [0.5, 0.6) is 11.5 Å². The SMILES string of the molecule is C=CCOc1ccc(OC)cc1CNC(C)C. The summed E-state index contributed by atoms with van der Waals surface area (Å²) in [6.45, 7) is 9.16. The van der Waals surface area contributed by atoms with E-state index in [9.17, 15) is 0 Å². The number of hydrogen-bond acceptors (Lipinski definition) is 3. The van der Waals surface area contributed by atoms with E-state index in [-0.39, 0.29) is 0 Å². The second-order valence-electron chi connectivity index (χ2n) is 4.11. The van der Waals surface area contributed by atoms with Crippen LogP contribution in [0.2, 0.25) is 0 Å². The first kappa shape index (κ1) is 13.6. The van der Waals surface area contributed by atoms with Crippen LogP contribution in [0.3, 0.4) is 0 Å². The van der Waals surface area contributed by atoms with Crippen molar-refractivity contribution >= 4 is 0 Å². The summed E-state index contributed by atoms with van der Waals surface area (Å²) in [6, 6.07) is 6.26. The molecule has 1 aromatic carbocycles. The molecule has 0 radical (unpaired) electrons. The lowest BCUT2D eigenvalue weighted by Crippen LogP contribution is -2.22. The van der Waals surface area contributed by atoms with Gasteiger partial charge >= 0.3 is 0 Å². The van der Waals surface area contributed by atoms with Crippen molar-refractivity contribution < 1.29 is 9.47 Å². The molecule has 0 unspecified atom stereocenters. The summed E-state index contributed by atoms with van der Waals surface area (Å²) in [4.78, 5) is 0. The van der Waals surface area contributed by atoms with Gasteiger partial charge in [-0.3, -0.25) is 0 Å². The molecular formula is C14H21NO2. The summed E-state index contributed by atoms with van der Waals surface area (Å²) < 4.78 is 10.8. The van der Waals surface area contributed by atoms with Gasteiger partial charge in [0, 0.05) is 18.2 Å². The molecule has 0 fully saturated rings. The molecule has 0 saturated heterocycles. The zero-order chi connectivity index (χ0) is 12.7. The van der Waals surface area contributed by atoms with Gasteiger partial charge in [-0.25, -0.2) is 0 Å². The third-order valence-corrected chi connectivity index (χ3v) is 2.33. The molecule has 1 aromatic rings. The van der Waals surface area contributed by atoms with Crippen molar-refractivity contribution in [2.24, 2.45) is 0 Å². The highest BCUT2D eigenvalue weighted by atomic mass is 16.5. The molecule has 3 nitrogen and oxygen atoms in total. The number of methoxy groups -OCH3 is 1. The van der Waals surface area contributed by atoms with Crippen molar-refractivity contribution in [1.82, 2.24) is 5.32 Å². The minimum absolute atomic E-state index is 0.438. The number of rotatable bonds is 7. The molecule has 17 heavy (non-hydrogen) atoms. The van der Waals surface area contributed by atoms with Crippen molar-refractivity contribution in [2.45, 2.75) is 26.4 Å².